The van der Waals surface area contributed by atoms with Crippen LogP contribution in [0.25, 0.3) is 0 Å². The zero-order valence-corrected chi connectivity index (χ0v) is 8.32. The van der Waals surface area contributed by atoms with Crippen LogP contribution in [-0.4, -0.2) is 16.2 Å². The molecule has 0 aliphatic heterocycles. The van der Waals surface area contributed by atoms with Crippen LogP contribution in [0, 0.1) is 11.3 Å². The van der Waals surface area contributed by atoms with Gasteiger partial charge < -0.3 is 10.2 Å². The van der Waals surface area contributed by atoms with Gasteiger partial charge in [-0.15, -0.1) is 0 Å². The minimum Gasteiger partial charge on any atom is -0.508 e. The molecule has 0 bridgehead atoms. The lowest BCUT2D eigenvalue weighted by Crippen LogP contribution is -2.02. The fourth-order valence-corrected chi connectivity index (χ4v) is 1.38. The van der Waals surface area contributed by atoms with Gasteiger partial charge in [0.25, 0.3) is 0 Å². The Morgan fingerprint density at radius 1 is 1.47 bits per heavy atom. The minimum absolute atomic E-state index is 0.0618. The summed E-state index contributed by atoms with van der Waals surface area (Å²) in [6.07, 6.45) is 0.355. The molecule has 0 aromatic heterocycles. The molecule has 0 saturated heterocycles. The normalized spacial score (nSPS) is 9.60. The molecule has 4 heteroatoms. The second-order valence-electron chi connectivity index (χ2n) is 3.17. The van der Waals surface area contributed by atoms with Gasteiger partial charge in [0.05, 0.1) is 18.1 Å². The number of benzene rings is 1. The van der Waals surface area contributed by atoms with Gasteiger partial charge in [-0.1, -0.05) is 6.92 Å². The number of nitrogens with zero attached hydrogens (tertiary/aromatic N) is 1. The van der Waals surface area contributed by atoms with Crippen LogP contribution in [0.15, 0.2) is 12.1 Å². The molecule has 78 valence electrons. The summed E-state index contributed by atoms with van der Waals surface area (Å²) < 4.78 is 0. The number of aromatic hydroxyl groups is 1. The molecule has 4 nitrogen and oxygen atoms in total. The molecule has 0 aliphatic rings. The fraction of sp³-hybridized carbons (Fsp3) is 0.273. The zero-order chi connectivity index (χ0) is 11.4. The molecule has 2 N–H and O–H groups in total. The Morgan fingerprint density at radius 2 is 2.13 bits per heavy atom. The van der Waals surface area contributed by atoms with Gasteiger partial charge in [0.2, 0.25) is 0 Å². The van der Waals surface area contributed by atoms with Gasteiger partial charge in [0.1, 0.15) is 5.75 Å². The molecule has 0 amide bonds. The summed E-state index contributed by atoms with van der Waals surface area (Å²) in [5, 5.41) is 26.9. The van der Waals surface area contributed by atoms with E-state index in [1.807, 2.05) is 13.0 Å². The molecule has 1 aromatic carbocycles. The third-order valence-corrected chi connectivity index (χ3v) is 2.15. The number of carboxylic acids is 1. The largest absolute Gasteiger partial charge is 0.508 e. The molecule has 1 aromatic rings. The van der Waals surface area contributed by atoms with Crippen molar-refractivity contribution in [3.05, 3.63) is 28.8 Å². The van der Waals surface area contributed by atoms with E-state index in [4.69, 9.17) is 10.4 Å². The number of carboxylic acid groups (broad SMARTS) is 1. The quantitative estimate of drug-likeness (QED) is 0.782. The number of hydrogen-bond acceptors (Lipinski definition) is 3. The van der Waals surface area contributed by atoms with Crippen molar-refractivity contribution in [2.45, 2.75) is 19.8 Å². The molecule has 0 fully saturated rings. The minimum atomic E-state index is -1.03. The monoisotopic (exact) mass is 205 g/mol. The lowest BCUT2D eigenvalue weighted by molar-refractivity contribution is -0.136. The zero-order valence-electron chi connectivity index (χ0n) is 8.32. The second-order valence-corrected chi connectivity index (χ2v) is 3.17. The van der Waals surface area contributed by atoms with E-state index in [1.165, 1.54) is 12.1 Å². The highest BCUT2D eigenvalue weighted by Gasteiger charge is 2.10. The standard InChI is InChI=1S/C11H11NO3/c1-2-7-4-10(13)8(5-11(14)15)3-9(7)6-12/h3-4,13H,2,5H2,1H3,(H,14,15). The third-order valence-electron chi connectivity index (χ3n) is 2.15. The summed E-state index contributed by atoms with van der Waals surface area (Å²) in [5.74, 6) is -1.09. The summed E-state index contributed by atoms with van der Waals surface area (Å²) in [4.78, 5) is 10.5. The molecule has 1 rings (SSSR count). The lowest BCUT2D eigenvalue weighted by atomic mass is 10.0. The molecular formula is C11H11NO3. The molecule has 0 saturated carbocycles. The number of aliphatic carboxylic acids is 1. The predicted molar refractivity (Wildman–Crippen MR) is 53.5 cm³/mol. The van der Waals surface area contributed by atoms with Crippen molar-refractivity contribution in [1.82, 2.24) is 0 Å². The van der Waals surface area contributed by atoms with Crippen LogP contribution in [0.1, 0.15) is 23.6 Å². The summed E-state index contributed by atoms with van der Waals surface area (Å²) in [5.41, 5.74) is 1.42. The van der Waals surface area contributed by atoms with E-state index in [0.717, 1.165) is 5.56 Å². The van der Waals surface area contributed by atoms with Gasteiger partial charge in [0, 0.05) is 5.56 Å². The van der Waals surface area contributed by atoms with Crippen molar-refractivity contribution in [2.24, 2.45) is 0 Å². The number of hydrogen-bond donors (Lipinski definition) is 2. The van der Waals surface area contributed by atoms with Gasteiger partial charge in [-0.25, -0.2) is 0 Å². The first kappa shape index (κ1) is 11.1. The maximum atomic E-state index is 10.5. The Bertz CT molecular complexity index is 432. The van der Waals surface area contributed by atoms with Gasteiger partial charge in [-0.3, -0.25) is 4.79 Å². The van der Waals surface area contributed by atoms with E-state index in [-0.39, 0.29) is 17.7 Å². The van der Waals surface area contributed by atoms with E-state index in [9.17, 15) is 9.90 Å². The Labute approximate surface area is 87.4 Å². The molecule has 0 aliphatic carbocycles. The van der Waals surface area contributed by atoms with Crippen molar-refractivity contribution >= 4 is 5.97 Å². The molecular weight excluding hydrogens is 194 g/mol. The summed E-state index contributed by atoms with van der Waals surface area (Å²) >= 11 is 0. The number of nitriles is 1. The lowest BCUT2D eigenvalue weighted by Gasteiger charge is -2.06. The first-order valence-corrected chi connectivity index (χ1v) is 4.55. The number of phenolic OH excluding ortho intramolecular Hbond substituents is 1. The van der Waals surface area contributed by atoms with E-state index < -0.39 is 5.97 Å². The van der Waals surface area contributed by atoms with Crippen LogP contribution < -0.4 is 0 Å². The Hall–Kier alpha value is -2.02. The van der Waals surface area contributed by atoms with Crippen LogP contribution in [0.3, 0.4) is 0 Å². The maximum absolute atomic E-state index is 10.5. The van der Waals surface area contributed by atoms with E-state index in [2.05, 4.69) is 0 Å². The van der Waals surface area contributed by atoms with Crippen molar-refractivity contribution in [3.63, 3.8) is 0 Å². The number of rotatable bonds is 3. The highest BCUT2D eigenvalue weighted by Crippen LogP contribution is 2.23. The number of phenols is 1. The van der Waals surface area contributed by atoms with Gasteiger partial charge in [-0.2, -0.15) is 5.26 Å². The molecule has 0 heterocycles. The predicted octanol–water partition coefficient (Wildman–Crippen LogP) is 1.45. The highest BCUT2D eigenvalue weighted by atomic mass is 16.4. The summed E-state index contributed by atoms with van der Waals surface area (Å²) in [6.45, 7) is 1.87. The average molecular weight is 205 g/mol. The van der Waals surface area contributed by atoms with E-state index in [1.54, 1.807) is 0 Å². The van der Waals surface area contributed by atoms with Crippen LogP contribution >= 0.6 is 0 Å². The first-order chi connectivity index (χ1) is 7.08. The van der Waals surface area contributed by atoms with Crippen LogP contribution in [-0.2, 0) is 17.6 Å². The first-order valence-electron chi connectivity index (χ1n) is 4.55. The van der Waals surface area contributed by atoms with Crippen LogP contribution in [0.5, 0.6) is 5.75 Å². The number of carbonyl (C=O) groups is 1. The third kappa shape index (κ3) is 2.47. The SMILES string of the molecule is CCc1cc(O)c(CC(=O)O)cc1C#N. The molecule has 0 radical (unpaired) electrons. The van der Waals surface area contributed by atoms with Crippen molar-refractivity contribution in [3.8, 4) is 11.8 Å². The van der Waals surface area contributed by atoms with Gasteiger partial charge in [-0.05, 0) is 24.1 Å². The topological polar surface area (TPSA) is 81.3 Å². The van der Waals surface area contributed by atoms with Crippen molar-refractivity contribution in [1.29, 1.82) is 5.26 Å². The number of aryl methyl sites for hydroxylation is 1. The molecule has 0 atom stereocenters. The van der Waals surface area contributed by atoms with Crippen LogP contribution in [0.4, 0.5) is 0 Å². The van der Waals surface area contributed by atoms with Crippen LogP contribution in [0.2, 0.25) is 0 Å². The van der Waals surface area contributed by atoms with Gasteiger partial charge >= 0.3 is 5.97 Å². The Balaban J connectivity index is 3.21. The molecule has 0 unspecified atom stereocenters. The Kier molecular flexibility index (Phi) is 3.29. The molecule has 0 spiro atoms. The van der Waals surface area contributed by atoms with Gasteiger partial charge in [0.15, 0.2) is 0 Å². The molecule has 15 heavy (non-hydrogen) atoms. The maximum Gasteiger partial charge on any atom is 0.307 e. The second kappa shape index (κ2) is 4.47. The fourth-order valence-electron chi connectivity index (χ4n) is 1.38. The smallest absolute Gasteiger partial charge is 0.307 e. The summed E-state index contributed by atoms with van der Waals surface area (Å²) in [7, 11) is 0. The average Bonchev–Trinajstić information content (AvgIpc) is 2.19. The van der Waals surface area contributed by atoms with E-state index in [0.29, 0.717) is 12.0 Å². The van der Waals surface area contributed by atoms with Crippen molar-refractivity contribution in [2.75, 3.05) is 0 Å². The van der Waals surface area contributed by atoms with E-state index >= 15 is 0 Å². The highest BCUT2D eigenvalue weighted by molar-refractivity contribution is 5.71. The Morgan fingerprint density at radius 3 is 2.60 bits per heavy atom. The van der Waals surface area contributed by atoms with Crippen molar-refractivity contribution < 1.29 is 15.0 Å². The summed E-state index contributed by atoms with van der Waals surface area (Å²) in [6, 6.07) is 4.87.